The Labute approximate surface area is 215 Å². The Bertz CT molecular complexity index is 1570. The van der Waals surface area contributed by atoms with Gasteiger partial charge >= 0.3 is 0 Å². The molecule has 2 heterocycles. The summed E-state index contributed by atoms with van der Waals surface area (Å²) in [6, 6.07) is 9.70. The number of phenols is 3. The molecule has 0 aliphatic carbocycles. The smallest absolute Gasteiger partial charge is 0.204 e. The number of ether oxygens (including phenoxy) is 5. The minimum absolute atomic E-state index is 0.0136. The summed E-state index contributed by atoms with van der Waals surface area (Å²) in [5.74, 6) is 0.226. The molecular formula is C27H24O11. The molecule has 0 saturated heterocycles. The molecule has 1 aliphatic heterocycles. The van der Waals surface area contributed by atoms with Gasteiger partial charge in [-0.15, -0.1) is 0 Å². The Morgan fingerprint density at radius 1 is 0.842 bits per heavy atom. The van der Waals surface area contributed by atoms with Gasteiger partial charge < -0.3 is 48.5 Å². The first-order chi connectivity index (χ1) is 18.3. The zero-order valence-electron chi connectivity index (χ0n) is 20.5. The fraction of sp³-hybridized carbons (Fsp3) is 0.222. The predicted octanol–water partition coefficient (Wildman–Crippen LogP) is 3.48. The average molecular weight is 524 g/mol. The van der Waals surface area contributed by atoms with Crippen molar-refractivity contribution in [3.63, 3.8) is 0 Å². The van der Waals surface area contributed by atoms with E-state index < -0.39 is 30.0 Å². The van der Waals surface area contributed by atoms with Crippen molar-refractivity contribution in [3.8, 4) is 57.3 Å². The van der Waals surface area contributed by atoms with E-state index in [2.05, 4.69) is 0 Å². The van der Waals surface area contributed by atoms with Gasteiger partial charge in [-0.3, -0.25) is 4.79 Å². The van der Waals surface area contributed by atoms with Gasteiger partial charge in [0.05, 0.1) is 27.9 Å². The number of hydrogen-bond acceptors (Lipinski definition) is 11. The first-order valence-electron chi connectivity index (χ1n) is 11.4. The number of phenolic OH excluding ortho intramolecular Hbond substituents is 3. The molecule has 4 aromatic rings. The van der Waals surface area contributed by atoms with Crippen LogP contribution in [0.15, 0.2) is 51.7 Å². The summed E-state index contributed by atoms with van der Waals surface area (Å²) in [4.78, 5) is 12.8. The van der Waals surface area contributed by atoms with E-state index in [1.807, 2.05) is 0 Å². The first kappa shape index (κ1) is 24.9. The highest BCUT2D eigenvalue weighted by atomic mass is 16.6. The summed E-state index contributed by atoms with van der Waals surface area (Å²) in [5, 5.41) is 40.2. The lowest BCUT2D eigenvalue weighted by Gasteiger charge is -2.34. The third-order valence-corrected chi connectivity index (χ3v) is 6.19. The lowest BCUT2D eigenvalue weighted by atomic mass is 10.0. The number of fused-ring (bicyclic) bond motifs is 2. The third kappa shape index (κ3) is 4.12. The van der Waals surface area contributed by atoms with Crippen LogP contribution in [-0.2, 0) is 0 Å². The van der Waals surface area contributed by atoms with Gasteiger partial charge in [0.1, 0.15) is 28.2 Å². The topological polar surface area (TPSA) is 157 Å². The van der Waals surface area contributed by atoms with Crippen LogP contribution in [0.1, 0.15) is 11.7 Å². The van der Waals surface area contributed by atoms with Crippen LogP contribution in [-0.4, -0.2) is 54.5 Å². The summed E-state index contributed by atoms with van der Waals surface area (Å²) in [6.45, 7) is -0.410. The van der Waals surface area contributed by atoms with Gasteiger partial charge in [0.2, 0.25) is 11.5 Å². The predicted molar refractivity (Wildman–Crippen MR) is 134 cm³/mol. The molecule has 0 fully saturated rings. The van der Waals surface area contributed by atoms with Crippen molar-refractivity contribution in [1.29, 1.82) is 0 Å². The van der Waals surface area contributed by atoms with Crippen LogP contribution in [0.5, 0.6) is 46.0 Å². The van der Waals surface area contributed by atoms with Crippen LogP contribution >= 0.6 is 0 Å². The van der Waals surface area contributed by atoms with Crippen molar-refractivity contribution in [2.45, 2.75) is 12.2 Å². The molecule has 0 radical (unpaired) electrons. The van der Waals surface area contributed by atoms with Gasteiger partial charge in [-0.1, -0.05) is 0 Å². The van der Waals surface area contributed by atoms with Crippen molar-refractivity contribution in [1.82, 2.24) is 0 Å². The molecule has 38 heavy (non-hydrogen) atoms. The molecule has 0 bridgehead atoms. The lowest BCUT2D eigenvalue weighted by molar-refractivity contribution is -0.0142. The summed E-state index contributed by atoms with van der Waals surface area (Å²) in [7, 11) is 4.21. The Morgan fingerprint density at radius 2 is 1.53 bits per heavy atom. The van der Waals surface area contributed by atoms with Crippen molar-refractivity contribution in [2.75, 3.05) is 27.9 Å². The fourth-order valence-electron chi connectivity index (χ4n) is 4.39. The molecule has 0 saturated carbocycles. The SMILES string of the molecule is COc1cc(C2Oc3cc(-c4cc(=O)c5c(O)cc(O)cc5o4)cc(OC)c3OC2CO)cc(OC)c1O. The van der Waals surface area contributed by atoms with Crippen molar-refractivity contribution >= 4 is 11.0 Å². The van der Waals surface area contributed by atoms with E-state index in [-0.39, 0.29) is 57.0 Å². The molecule has 2 unspecified atom stereocenters. The second kappa shape index (κ2) is 9.60. The second-order valence-electron chi connectivity index (χ2n) is 8.47. The average Bonchev–Trinajstić information content (AvgIpc) is 2.91. The molecule has 1 aromatic heterocycles. The maximum atomic E-state index is 12.8. The number of aliphatic hydroxyl groups excluding tert-OH is 1. The molecule has 0 amide bonds. The maximum Gasteiger partial charge on any atom is 0.204 e. The number of aliphatic hydroxyl groups is 1. The molecule has 0 spiro atoms. The highest BCUT2D eigenvalue weighted by molar-refractivity contribution is 5.86. The summed E-state index contributed by atoms with van der Waals surface area (Å²) in [6.07, 6.45) is -1.71. The summed E-state index contributed by atoms with van der Waals surface area (Å²) in [5.41, 5.74) is 0.344. The van der Waals surface area contributed by atoms with Gasteiger partial charge in [0, 0.05) is 29.3 Å². The van der Waals surface area contributed by atoms with Crippen LogP contribution in [0, 0.1) is 0 Å². The number of methoxy groups -OCH3 is 3. The third-order valence-electron chi connectivity index (χ3n) is 6.19. The van der Waals surface area contributed by atoms with E-state index in [4.69, 9.17) is 28.1 Å². The van der Waals surface area contributed by atoms with E-state index in [1.54, 1.807) is 24.3 Å². The minimum Gasteiger partial charge on any atom is -0.508 e. The molecule has 11 heteroatoms. The van der Waals surface area contributed by atoms with Crippen LogP contribution in [0.4, 0.5) is 0 Å². The standard InChI is InChI=1S/C27H24O11/c1-33-19-6-13(7-20(34-2)25(19)32)26-23(11-28)38-27-21(35-3)4-12(5-22(27)37-26)17-10-16(31)24-15(30)8-14(29)9-18(24)36-17/h4-10,23,26,28-30,32H,11H2,1-3H3. The molecule has 198 valence electrons. The van der Waals surface area contributed by atoms with Gasteiger partial charge in [-0.05, 0) is 24.3 Å². The molecule has 3 aromatic carbocycles. The second-order valence-corrected chi connectivity index (χ2v) is 8.47. The molecule has 1 aliphatic rings. The quantitative estimate of drug-likeness (QED) is 0.293. The summed E-state index contributed by atoms with van der Waals surface area (Å²) >= 11 is 0. The Hall–Kier alpha value is -4.77. The first-order valence-corrected chi connectivity index (χ1v) is 11.4. The van der Waals surface area contributed by atoms with Crippen LogP contribution < -0.4 is 29.1 Å². The Kier molecular flexibility index (Phi) is 6.29. The zero-order chi connectivity index (χ0) is 27.1. The summed E-state index contributed by atoms with van der Waals surface area (Å²) < 4.78 is 34.1. The van der Waals surface area contributed by atoms with E-state index in [1.165, 1.54) is 33.5 Å². The lowest BCUT2D eigenvalue weighted by Crippen LogP contribution is -2.36. The van der Waals surface area contributed by atoms with Crippen molar-refractivity contribution in [2.24, 2.45) is 0 Å². The van der Waals surface area contributed by atoms with Crippen LogP contribution in [0.3, 0.4) is 0 Å². The maximum absolute atomic E-state index is 12.8. The van der Waals surface area contributed by atoms with E-state index in [0.29, 0.717) is 11.1 Å². The van der Waals surface area contributed by atoms with E-state index in [0.717, 1.165) is 6.07 Å². The minimum atomic E-state index is -0.856. The molecule has 11 nitrogen and oxygen atoms in total. The van der Waals surface area contributed by atoms with Crippen molar-refractivity contribution in [3.05, 3.63) is 58.3 Å². The number of hydrogen-bond donors (Lipinski definition) is 4. The highest BCUT2D eigenvalue weighted by Crippen LogP contribution is 2.49. The molecular weight excluding hydrogens is 500 g/mol. The Morgan fingerprint density at radius 3 is 2.16 bits per heavy atom. The highest BCUT2D eigenvalue weighted by Gasteiger charge is 2.36. The Balaban J connectivity index is 1.63. The monoisotopic (exact) mass is 524 g/mol. The van der Waals surface area contributed by atoms with Gasteiger partial charge in [-0.2, -0.15) is 0 Å². The number of rotatable bonds is 6. The van der Waals surface area contributed by atoms with E-state index >= 15 is 0 Å². The van der Waals surface area contributed by atoms with Gasteiger partial charge in [0.25, 0.3) is 0 Å². The normalized spacial score (nSPS) is 16.3. The van der Waals surface area contributed by atoms with Crippen LogP contribution in [0.25, 0.3) is 22.3 Å². The fourth-order valence-corrected chi connectivity index (χ4v) is 4.39. The zero-order valence-corrected chi connectivity index (χ0v) is 20.5. The van der Waals surface area contributed by atoms with Crippen LogP contribution in [0.2, 0.25) is 0 Å². The molecule has 5 rings (SSSR count). The van der Waals surface area contributed by atoms with Crippen molar-refractivity contribution < 1.29 is 48.5 Å². The van der Waals surface area contributed by atoms with Gasteiger partial charge in [-0.25, -0.2) is 0 Å². The molecule has 2 atom stereocenters. The van der Waals surface area contributed by atoms with Gasteiger partial charge in [0.15, 0.2) is 40.6 Å². The number of aromatic hydroxyl groups is 3. The molecule has 4 N–H and O–H groups in total. The number of benzene rings is 3. The van der Waals surface area contributed by atoms with E-state index in [9.17, 15) is 25.2 Å². The largest absolute Gasteiger partial charge is 0.508 e.